The lowest BCUT2D eigenvalue weighted by molar-refractivity contribution is -0.385. The highest BCUT2D eigenvalue weighted by Gasteiger charge is 2.14. The average molecular weight is 333 g/mol. The maximum Gasteiger partial charge on any atom is 0.290 e. The molecule has 6 heteroatoms. The largest absolute Gasteiger partial charge is 0.489 e. The molecule has 0 saturated heterocycles. The van der Waals surface area contributed by atoms with Gasteiger partial charge in [-0.1, -0.05) is 34.1 Å². The highest BCUT2D eigenvalue weighted by atomic mass is 79.9. The second-order valence-corrected chi connectivity index (χ2v) is 4.78. The Kier molecular flexibility index (Phi) is 4.33. The molecule has 0 radical (unpaired) electrons. The van der Waals surface area contributed by atoms with Crippen LogP contribution in [0.25, 0.3) is 0 Å². The van der Waals surface area contributed by atoms with Crippen LogP contribution in [-0.2, 0) is 6.61 Å². The molecule has 0 aliphatic rings. The number of nitro benzene ring substituents is 1. The second kappa shape index (κ2) is 6.17. The molecule has 20 heavy (non-hydrogen) atoms. The molecule has 0 spiro atoms. The Hall–Kier alpha value is -2.39. The van der Waals surface area contributed by atoms with Crippen molar-refractivity contribution in [1.29, 1.82) is 5.26 Å². The molecule has 5 nitrogen and oxygen atoms in total. The number of benzene rings is 2. The highest BCUT2D eigenvalue weighted by molar-refractivity contribution is 9.10. The van der Waals surface area contributed by atoms with Crippen LogP contribution in [0.15, 0.2) is 46.9 Å². The summed E-state index contributed by atoms with van der Waals surface area (Å²) in [6.45, 7) is 0.282. The normalized spacial score (nSPS) is 9.80. The minimum atomic E-state index is -0.593. The van der Waals surface area contributed by atoms with Crippen LogP contribution in [0.5, 0.6) is 5.75 Å². The van der Waals surface area contributed by atoms with E-state index in [2.05, 4.69) is 15.9 Å². The zero-order valence-corrected chi connectivity index (χ0v) is 11.8. The van der Waals surface area contributed by atoms with Gasteiger partial charge in [-0.05, 0) is 18.2 Å². The van der Waals surface area contributed by atoms with Gasteiger partial charge in [0.25, 0.3) is 5.69 Å². The Labute approximate surface area is 123 Å². The first kappa shape index (κ1) is 14.0. The van der Waals surface area contributed by atoms with Gasteiger partial charge in [0.2, 0.25) is 0 Å². The van der Waals surface area contributed by atoms with Crippen LogP contribution in [0.1, 0.15) is 11.1 Å². The Morgan fingerprint density at radius 2 is 2.05 bits per heavy atom. The molecule has 0 bridgehead atoms. The minimum Gasteiger partial charge on any atom is -0.489 e. The van der Waals surface area contributed by atoms with E-state index in [9.17, 15) is 10.1 Å². The summed E-state index contributed by atoms with van der Waals surface area (Å²) in [5.41, 5.74) is 0.694. The van der Waals surface area contributed by atoms with Crippen molar-refractivity contribution >= 4 is 21.6 Å². The van der Waals surface area contributed by atoms with E-state index >= 15 is 0 Å². The summed E-state index contributed by atoms with van der Waals surface area (Å²) in [7, 11) is 0. The molecule has 0 N–H and O–H groups in total. The molecular weight excluding hydrogens is 324 g/mol. The minimum absolute atomic E-state index is 0.0169. The van der Waals surface area contributed by atoms with Gasteiger partial charge >= 0.3 is 0 Å². The Balaban J connectivity index is 2.19. The van der Waals surface area contributed by atoms with Gasteiger partial charge in [-0.25, -0.2) is 0 Å². The lowest BCUT2D eigenvalue weighted by Gasteiger charge is -2.08. The molecule has 2 rings (SSSR count). The number of hydrogen-bond donors (Lipinski definition) is 0. The van der Waals surface area contributed by atoms with Crippen molar-refractivity contribution < 1.29 is 9.66 Å². The van der Waals surface area contributed by atoms with Crippen LogP contribution >= 0.6 is 15.9 Å². The van der Waals surface area contributed by atoms with E-state index in [0.29, 0.717) is 5.75 Å². The maximum absolute atomic E-state index is 10.9. The van der Waals surface area contributed by atoms with Crippen LogP contribution in [0.2, 0.25) is 0 Å². The van der Waals surface area contributed by atoms with Gasteiger partial charge in [0.1, 0.15) is 24.0 Å². The summed E-state index contributed by atoms with van der Waals surface area (Å²) in [6.07, 6.45) is 0. The second-order valence-electron chi connectivity index (χ2n) is 3.93. The number of ether oxygens (including phenoxy) is 1. The van der Waals surface area contributed by atoms with Crippen LogP contribution < -0.4 is 4.74 Å². The van der Waals surface area contributed by atoms with Crippen molar-refractivity contribution in [3.05, 3.63) is 68.2 Å². The fraction of sp³-hybridized carbons (Fsp3) is 0.0714. The fourth-order valence-electron chi connectivity index (χ4n) is 1.62. The third-order valence-electron chi connectivity index (χ3n) is 2.64. The van der Waals surface area contributed by atoms with Crippen LogP contribution in [0.4, 0.5) is 5.69 Å². The Morgan fingerprint density at radius 1 is 1.30 bits per heavy atom. The van der Waals surface area contributed by atoms with Crippen molar-refractivity contribution in [1.82, 2.24) is 0 Å². The molecule has 0 aliphatic heterocycles. The van der Waals surface area contributed by atoms with E-state index in [-0.39, 0.29) is 17.9 Å². The van der Waals surface area contributed by atoms with Gasteiger partial charge < -0.3 is 4.74 Å². The van der Waals surface area contributed by atoms with Crippen molar-refractivity contribution in [2.45, 2.75) is 6.61 Å². The number of halogens is 1. The van der Waals surface area contributed by atoms with Crippen LogP contribution in [0, 0.1) is 21.4 Å². The van der Waals surface area contributed by atoms with Crippen molar-refractivity contribution in [2.24, 2.45) is 0 Å². The van der Waals surface area contributed by atoms with Crippen molar-refractivity contribution in [2.75, 3.05) is 0 Å². The predicted octanol–water partition coefficient (Wildman–Crippen LogP) is 3.81. The molecular formula is C14H9BrN2O3. The van der Waals surface area contributed by atoms with Gasteiger partial charge in [0.15, 0.2) is 0 Å². The molecule has 0 fully saturated rings. The van der Waals surface area contributed by atoms with Gasteiger partial charge in [-0.3, -0.25) is 10.1 Å². The molecule has 0 heterocycles. The summed E-state index contributed by atoms with van der Waals surface area (Å²) in [5, 5.41) is 19.7. The molecule has 0 aliphatic carbocycles. The Morgan fingerprint density at radius 3 is 2.70 bits per heavy atom. The molecule has 0 atom stereocenters. The van der Waals surface area contributed by atoms with E-state index in [1.807, 2.05) is 24.3 Å². The lowest BCUT2D eigenvalue weighted by atomic mass is 10.2. The molecule has 0 unspecified atom stereocenters. The molecule has 0 aromatic heterocycles. The number of nitriles is 1. The number of rotatable bonds is 4. The van der Waals surface area contributed by atoms with Crippen molar-refractivity contribution in [3.63, 3.8) is 0 Å². The van der Waals surface area contributed by atoms with Crippen molar-refractivity contribution in [3.8, 4) is 11.8 Å². The summed E-state index contributed by atoms with van der Waals surface area (Å²) < 4.78 is 6.43. The molecule has 0 saturated carbocycles. The smallest absolute Gasteiger partial charge is 0.290 e. The van der Waals surface area contributed by atoms with E-state index in [0.717, 1.165) is 10.0 Å². The van der Waals surface area contributed by atoms with Crippen LogP contribution in [-0.4, -0.2) is 4.92 Å². The molecule has 2 aromatic rings. The summed E-state index contributed by atoms with van der Waals surface area (Å²) in [5.74, 6) is 0.353. The van der Waals surface area contributed by atoms with E-state index in [4.69, 9.17) is 10.00 Å². The van der Waals surface area contributed by atoms with Crippen LogP contribution in [0.3, 0.4) is 0 Å². The SMILES string of the molecule is N#Cc1ccc(OCc2ccccc2Br)cc1[N+](=O)[O-]. The zero-order chi connectivity index (χ0) is 14.5. The molecule has 0 amide bonds. The number of nitrogens with zero attached hydrogens (tertiary/aromatic N) is 2. The monoisotopic (exact) mass is 332 g/mol. The highest BCUT2D eigenvalue weighted by Crippen LogP contribution is 2.25. The van der Waals surface area contributed by atoms with Gasteiger partial charge in [-0.2, -0.15) is 5.26 Å². The zero-order valence-electron chi connectivity index (χ0n) is 10.2. The van der Waals surface area contributed by atoms with Gasteiger partial charge in [-0.15, -0.1) is 0 Å². The summed E-state index contributed by atoms with van der Waals surface area (Å²) in [6, 6.07) is 13.5. The summed E-state index contributed by atoms with van der Waals surface area (Å²) >= 11 is 3.40. The molecule has 2 aromatic carbocycles. The first-order valence-electron chi connectivity index (χ1n) is 5.66. The average Bonchev–Trinajstić information content (AvgIpc) is 2.46. The van der Waals surface area contributed by atoms with E-state index < -0.39 is 4.92 Å². The third kappa shape index (κ3) is 3.13. The van der Waals surface area contributed by atoms with E-state index in [1.54, 1.807) is 12.1 Å². The first-order chi connectivity index (χ1) is 9.61. The van der Waals surface area contributed by atoms with Gasteiger partial charge in [0, 0.05) is 10.0 Å². The standard InChI is InChI=1S/C14H9BrN2O3/c15-13-4-2-1-3-11(13)9-20-12-6-5-10(8-16)14(7-12)17(18)19/h1-7H,9H2. The lowest BCUT2D eigenvalue weighted by Crippen LogP contribution is -1.98. The first-order valence-corrected chi connectivity index (χ1v) is 6.46. The van der Waals surface area contributed by atoms with E-state index in [1.165, 1.54) is 12.1 Å². The van der Waals surface area contributed by atoms with Gasteiger partial charge in [0.05, 0.1) is 11.0 Å². The fourth-order valence-corrected chi connectivity index (χ4v) is 2.02. The number of hydrogen-bond acceptors (Lipinski definition) is 4. The third-order valence-corrected chi connectivity index (χ3v) is 3.41. The molecule has 100 valence electrons. The predicted molar refractivity (Wildman–Crippen MR) is 76.3 cm³/mol. The maximum atomic E-state index is 10.9. The topological polar surface area (TPSA) is 76.2 Å². The Bertz CT molecular complexity index is 695. The number of nitro groups is 1. The quantitative estimate of drug-likeness (QED) is 0.630. The summed E-state index contributed by atoms with van der Waals surface area (Å²) in [4.78, 5) is 10.3.